The third-order valence-corrected chi connectivity index (χ3v) is 6.39. The van der Waals surface area contributed by atoms with Crippen molar-refractivity contribution in [2.24, 2.45) is 0 Å². The molecule has 0 aromatic heterocycles. The number of hydrogen-bond donors (Lipinski definition) is 1. The van der Waals surface area contributed by atoms with Gasteiger partial charge in [0.15, 0.2) is 0 Å². The van der Waals surface area contributed by atoms with Gasteiger partial charge in [-0.2, -0.15) is 0 Å². The van der Waals surface area contributed by atoms with Gasteiger partial charge < -0.3 is 14.8 Å². The lowest BCUT2D eigenvalue weighted by molar-refractivity contribution is -0.122. The first kappa shape index (κ1) is 22.3. The van der Waals surface area contributed by atoms with Crippen LogP contribution in [0.1, 0.15) is 51.9 Å². The highest BCUT2D eigenvalue weighted by Crippen LogP contribution is 2.35. The molecule has 1 aliphatic carbocycles. The Morgan fingerprint density at radius 1 is 1.11 bits per heavy atom. The molecule has 0 heterocycles. The fraction of sp³-hybridized carbons (Fsp3) is 0.650. The third kappa shape index (κ3) is 5.77. The van der Waals surface area contributed by atoms with Crippen molar-refractivity contribution >= 4 is 21.6 Å². The lowest BCUT2D eigenvalue weighted by atomic mass is 9.96. The minimum Gasteiger partial charge on any atom is -0.497 e. The van der Waals surface area contributed by atoms with Crippen molar-refractivity contribution in [2.45, 2.75) is 64.0 Å². The largest absolute Gasteiger partial charge is 0.497 e. The van der Waals surface area contributed by atoms with Gasteiger partial charge in [-0.3, -0.25) is 9.10 Å². The van der Waals surface area contributed by atoms with Gasteiger partial charge in [-0.25, -0.2) is 8.42 Å². The fourth-order valence-electron chi connectivity index (χ4n) is 3.67. The molecule has 0 aliphatic heterocycles. The number of anilines is 1. The van der Waals surface area contributed by atoms with Gasteiger partial charge in [-0.05, 0) is 31.9 Å². The van der Waals surface area contributed by atoms with Crippen LogP contribution >= 0.6 is 0 Å². The Morgan fingerprint density at radius 2 is 1.71 bits per heavy atom. The summed E-state index contributed by atoms with van der Waals surface area (Å²) >= 11 is 0. The van der Waals surface area contributed by atoms with E-state index in [1.54, 1.807) is 25.1 Å². The summed E-state index contributed by atoms with van der Waals surface area (Å²) in [4.78, 5) is 12.9. The highest BCUT2D eigenvalue weighted by Gasteiger charge is 2.32. The summed E-state index contributed by atoms with van der Waals surface area (Å²) in [6.07, 6.45) is 8.72. The second kappa shape index (κ2) is 10.0. The first-order valence-electron chi connectivity index (χ1n) is 9.79. The molecule has 1 aromatic carbocycles. The smallest absolute Gasteiger partial charge is 0.243 e. The summed E-state index contributed by atoms with van der Waals surface area (Å²) in [5, 5.41) is 3.06. The molecule has 0 saturated heterocycles. The van der Waals surface area contributed by atoms with Crippen LogP contribution in [0.3, 0.4) is 0 Å². The summed E-state index contributed by atoms with van der Waals surface area (Å²) in [6.45, 7) is 1.60. The molecule has 0 radical (unpaired) electrons. The molecule has 28 heavy (non-hydrogen) atoms. The quantitative estimate of drug-likeness (QED) is 0.744. The molecular weight excluding hydrogens is 380 g/mol. The van der Waals surface area contributed by atoms with Gasteiger partial charge >= 0.3 is 0 Å². The number of nitrogens with one attached hydrogen (secondary N) is 1. The molecule has 1 aliphatic rings. The SMILES string of the molecule is COc1ccc(OC)c(N(C(C)C(=O)NC2CCCCCCC2)S(C)(=O)=O)c1. The van der Waals surface area contributed by atoms with E-state index in [-0.39, 0.29) is 17.6 Å². The molecular formula is C20H32N2O5S. The van der Waals surface area contributed by atoms with E-state index in [0.717, 1.165) is 36.2 Å². The number of carbonyl (C=O) groups excluding carboxylic acids is 1. The summed E-state index contributed by atoms with van der Waals surface area (Å²) in [7, 11) is -0.772. The Bertz CT molecular complexity index is 758. The van der Waals surface area contributed by atoms with Gasteiger partial charge in [0.25, 0.3) is 0 Å². The van der Waals surface area contributed by atoms with E-state index >= 15 is 0 Å². The maximum absolute atomic E-state index is 12.9. The third-order valence-electron chi connectivity index (χ3n) is 5.16. The second-order valence-corrected chi connectivity index (χ2v) is 9.18. The molecule has 1 unspecified atom stereocenters. The maximum Gasteiger partial charge on any atom is 0.243 e. The topological polar surface area (TPSA) is 84.9 Å². The zero-order valence-electron chi connectivity index (χ0n) is 17.2. The van der Waals surface area contributed by atoms with Gasteiger partial charge in [0, 0.05) is 12.1 Å². The molecule has 1 fully saturated rings. The lowest BCUT2D eigenvalue weighted by Crippen LogP contribution is -2.50. The van der Waals surface area contributed by atoms with Crippen LogP contribution in [0.5, 0.6) is 11.5 Å². The molecule has 0 spiro atoms. The zero-order valence-corrected chi connectivity index (χ0v) is 18.0. The van der Waals surface area contributed by atoms with Gasteiger partial charge in [-0.1, -0.05) is 32.1 Å². The molecule has 1 N–H and O–H groups in total. The van der Waals surface area contributed by atoms with Crippen LogP contribution in [-0.2, 0) is 14.8 Å². The number of carbonyl (C=O) groups is 1. The molecule has 1 aromatic rings. The molecule has 1 amide bonds. The summed E-state index contributed by atoms with van der Waals surface area (Å²) in [6, 6.07) is 4.05. The lowest BCUT2D eigenvalue weighted by Gasteiger charge is -2.31. The van der Waals surface area contributed by atoms with E-state index in [1.807, 2.05) is 0 Å². The van der Waals surface area contributed by atoms with Crippen molar-refractivity contribution in [1.29, 1.82) is 0 Å². The summed E-state index contributed by atoms with van der Waals surface area (Å²) in [5.74, 6) is 0.537. The first-order valence-corrected chi connectivity index (χ1v) is 11.6. The fourth-order valence-corrected chi connectivity index (χ4v) is 4.84. The number of amides is 1. The van der Waals surface area contributed by atoms with E-state index in [1.165, 1.54) is 33.5 Å². The van der Waals surface area contributed by atoms with Gasteiger partial charge in [0.2, 0.25) is 15.9 Å². The van der Waals surface area contributed by atoms with Crippen LogP contribution in [-0.4, -0.2) is 46.9 Å². The highest BCUT2D eigenvalue weighted by atomic mass is 32.2. The predicted molar refractivity (Wildman–Crippen MR) is 111 cm³/mol. The highest BCUT2D eigenvalue weighted by molar-refractivity contribution is 7.92. The van der Waals surface area contributed by atoms with E-state index in [0.29, 0.717) is 11.5 Å². The van der Waals surface area contributed by atoms with Crippen molar-refractivity contribution in [3.05, 3.63) is 18.2 Å². The van der Waals surface area contributed by atoms with E-state index < -0.39 is 16.1 Å². The number of hydrogen-bond acceptors (Lipinski definition) is 5. The Hall–Kier alpha value is -1.96. The minimum atomic E-state index is -3.74. The Labute approximate surface area is 168 Å². The average molecular weight is 413 g/mol. The number of ether oxygens (including phenoxy) is 2. The minimum absolute atomic E-state index is 0.0869. The van der Waals surface area contributed by atoms with Gasteiger partial charge in [-0.15, -0.1) is 0 Å². The second-order valence-electron chi connectivity index (χ2n) is 7.32. The normalized spacial score (nSPS) is 17.1. The molecule has 2 rings (SSSR count). The van der Waals surface area contributed by atoms with Crippen LogP contribution in [0.15, 0.2) is 18.2 Å². The van der Waals surface area contributed by atoms with Crippen molar-refractivity contribution in [2.75, 3.05) is 24.8 Å². The van der Waals surface area contributed by atoms with Crippen molar-refractivity contribution in [3.8, 4) is 11.5 Å². The van der Waals surface area contributed by atoms with E-state index in [4.69, 9.17) is 9.47 Å². The number of benzene rings is 1. The van der Waals surface area contributed by atoms with Crippen LogP contribution in [0, 0.1) is 0 Å². The number of nitrogens with zero attached hydrogens (tertiary/aromatic N) is 1. The monoisotopic (exact) mass is 412 g/mol. The van der Waals surface area contributed by atoms with E-state index in [2.05, 4.69) is 5.32 Å². The number of methoxy groups -OCH3 is 2. The number of rotatable bonds is 7. The van der Waals surface area contributed by atoms with Crippen molar-refractivity contribution < 1.29 is 22.7 Å². The Morgan fingerprint density at radius 3 is 2.25 bits per heavy atom. The van der Waals surface area contributed by atoms with Crippen LogP contribution < -0.4 is 19.1 Å². The zero-order chi connectivity index (χ0) is 20.7. The van der Waals surface area contributed by atoms with Crippen LogP contribution in [0.25, 0.3) is 0 Å². The molecule has 1 saturated carbocycles. The number of sulfonamides is 1. The van der Waals surface area contributed by atoms with Crippen molar-refractivity contribution in [3.63, 3.8) is 0 Å². The molecule has 158 valence electrons. The van der Waals surface area contributed by atoms with Crippen LogP contribution in [0.4, 0.5) is 5.69 Å². The predicted octanol–water partition coefficient (Wildman–Crippen LogP) is 3.09. The maximum atomic E-state index is 12.9. The molecule has 1 atom stereocenters. The van der Waals surface area contributed by atoms with Crippen molar-refractivity contribution in [1.82, 2.24) is 5.32 Å². The summed E-state index contributed by atoms with van der Waals surface area (Å²) < 4.78 is 36.8. The Balaban J connectivity index is 2.29. The molecule has 7 nitrogen and oxygen atoms in total. The summed E-state index contributed by atoms with van der Waals surface area (Å²) in [5.41, 5.74) is 0.282. The van der Waals surface area contributed by atoms with Gasteiger partial charge in [0.1, 0.15) is 17.5 Å². The Kier molecular flexibility index (Phi) is 7.98. The van der Waals surface area contributed by atoms with Crippen LogP contribution in [0.2, 0.25) is 0 Å². The molecule has 0 bridgehead atoms. The van der Waals surface area contributed by atoms with Gasteiger partial charge in [0.05, 0.1) is 26.2 Å². The van der Waals surface area contributed by atoms with E-state index in [9.17, 15) is 13.2 Å². The average Bonchev–Trinajstić information content (AvgIpc) is 2.62. The first-order chi connectivity index (χ1) is 13.3. The standard InChI is InChI=1S/C20H32N2O5S/c1-15(20(23)21-16-10-8-6-5-7-9-11-16)22(28(4,24)25)18-14-17(26-2)12-13-19(18)27-3/h12-16H,5-11H2,1-4H3,(H,21,23). The molecule has 8 heteroatoms.